The third kappa shape index (κ3) is 3.91. The van der Waals surface area contributed by atoms with Gasteiger partial charge in [-0.1, -0.05) is 39.3 Å². The Balaban J connectivity index is 2.43. The molecule has 21 heavy (non-hydrogen) atoms. The minimum atomic E-state index is -0.0134. The van der Waals surface area contributed by atoms with E-state index in [1.54, 1.807) is 0 Å². The van der Waals surface area contributed by atoms with Crippen LogP contribution < -0.4 is 5.32 Å². The summed E-state index contributed by atoms with van der Waals surface area (Å²) in [5, 5.41) is 4.41. The van der Waals surface area contributed by atoms with E-state index < -0.39 is 0 Å². The number of nitrogens with zero attached hydrogens (tertiary/aromatic N) is 2. The van der Waals surface area contributed by atoms with Gasteiger partial charge in [-0.25, -0.2) is 4.98 Å². The van der Waals surface area contributed by atoms with E-state index in [4.69, 9.17) is 16.6 Å². The fraction of sp³-hybridized carbons (Fsp3) is 0.588. The summed E-state index contributed by atoms with van der Waals surface area (Å²) in [5.74, 6) is 1.06. The summed E-state index contributed by atoms with van der Waals surface area (Å²) in [6.45, 7) is 13.4. The van der Waals surface area contributed by atoms with Gasteiger partial charge in [-0.2, -0.15) is 0 Å². The molecular formula is C17H26ClN3. The number of rotatable bonds is 4. The Labute approximate surface area is 132 Å². The highest BCUT2D eigenvalue weighted by Gasteiger charge is 2.27. The number of fused-ring (bicyclic) bond motifs is 1. The Morgan fingerprint density at radius 3 is 2.43 bits per heavy atom. The standard InChI is InChI=1S/C17H26ClN3/c1-7-13-15(20-17(5,6)11-16(2,3)4)21-10-12(18)8-9-14(21)19-13/h8-10,20H,7,11H2,1-6H3. The average molecular weight is 308 g/mol. The first-order valence-electron chi connectivity index (χ1n) is 7.56. The molecule has 0 aliphatic rings. The smallest absolute Gasteiger partial charge is 0.138 e. The van der Waals surface area contributed by atoms with Gasteiger partial charge in [0.05, 0.1) is 10.7 Å². The van der Waals surface area contributed by atoms with Crippen LogP contribution in [-0.2, 0) is 6.42 Å². The van der Waals surface area contributed by atoms with Crippen molar-refractivity contribution >= 4 is 23.1 Å². The molecule has 2 aromatic heterocycles. The zero-order chi connectivity index (χ0) is 15.8. The van der Waals surface area contributed by atoms with Crippen LogP contribution in [0.2, 0.25) is 5.02 Å². The average Bonchev–Trinajstić information content (AvgIpc) is 2.63. The minimum Gasteiger partial charge on any atom is -0.365 e. The van der Waals surface area contributed by atoms with E-state index in [2.05, 4.69) is 51.3 Å². The monoisotopic (exact) mass is 307 g/mol. The van der Waals surface area contributed by atoms with Crippen molar-refractivity contribution in [3.8, 4) is 0 Å². The molecule has 1 N–H and O–H groups in total. The third-order valence-corrected chi connectivity index (χ3v) is 3.64. The Morgan fingerprint density at radius 1 is 1.19 bits per heavy atom. The topological polar surface area (TPSA) is 29.3 Å². The summed E-state index contributed by atoms with van der Waals surface area (Å²) >= 11 is 6.14. The number of aromatic nitrogens is 2. The summed E-state index contributed by atoms with van der Waals surface area (Å²) in [6.07, 6.45) is 3.89. The normalized spacial score (nSPS) is 12.9. The number of halogens is 1. The predicted octanol–water partition coefficient (Wildman–Crippen LogP) is 5.18. The highest BCUT2D eigenvalue weighted by molar-refractivity contribution is 6.30. The highest BCUT2D eigenvalue weighted by Crippen LogP contribution is 2.31. The Bertz CT molecular complexity index is 635. The van der Waals surface area contributed by atoms with E-state index in [-0.39, 0.29) is 11.0 Å². The number of imidazole rings is 1. The molecule has 0 amide bonds. The lowest BCUT2D eigenvalue weighted by Crippen LogP contribution is -2.36. The summed E-state index contributed by atoms with van der Waals surface area (Å²) < 4.78 is 2.06. The summed E-state index contributed by atoms with van der Waals surface area (Å²) in [5.41, 5.74) is 2.27. The Kier molecular flexibility index (Phi) is 4.25. The summed E-state index contributed by atoms with van der Waals surface area (Å²) in [6, 6.07) is 3.84. The van der Waals surface area contributed by atoms with Crippen LogP contribution in [0.1, 0.15) is 53.7 Å². The van der Waals surface area contributed by atoms with Crippen LogP contribution in [0, 0.1) is 5.41 Å². The number of hydrogen-bond acceptors (Lipinski definition) is 2. The predicted molar refractivity (Wildman–Crippen MR) is 91.4 cm³/mol. The van der Waals surface area contributed by atoms with Gasteiger partial charge in [-0.05, 0) is 44.2 Å². The molecule has 3 nitrogen and oxygen atoms in total. The minimum absolute atomic E-state index is 0.0134. The van der Waals surface area contributed by atoms with E-state index in [0.717, 1.165) is 35.0 Å². The Hall–Kier alpha value is -1.22. The lowest BCUT2D eigenvalue weighted by atomic mass is 9.82. The van der Waals surface area contributed by atoms with E-state index >= 15 is 0 Å². The van der Waals surface area contributed by atoms with Gasteiger partial charge in [0, 0.05) is 11.7 Å². The molecule has 0 fully saturated rings. The van der Waals surface area contributed by atoms with Crippen molar-refractivity contribution in [3.63, 3.8) is 0 Å². The zero-order valence-corrected chi connectivity index (χ0v) is 14.7. The van der Waals surface area contributed by atoms with Crippen molar-refractivity contribution in [2.45, 2.75) is 59.9 Å². The van der Waals surface area contributed by atoms with Crippen LogP contribution in [0.4, 0.5) is 5.82 Å². The molecule has 0 aliphatic carbocycles. The molecule has 0 unspecified atom stereocenters. The van der Waals surface area contributed by atoms with Crippen molar-refractivity contribution in [1.29, 1.82) is 0 Å². The molecule has 116 valence electrons. The van der Waals surface area contributed by atoms with Crippen LogP contribution >= 0.6 is 11.6 Å². The SMILES string of the molecule is CCc1nc2ccc(Cl)cn2c1NC(C)(C)CC(C)(C)C. The molecule has 0 saturated heterocycles. The Morgan fingerprint density at radius 2 is 1.86 bits per heavy atom. The number of pyridine rings is 1. The second-order valence-corrected chi connectivity index (χ2v) is 8.02. The number of aryl methyl sites for hydroxylation is 1. The van der Waals surface area contributed by atoms with Gasteiger partial charge in [0.25, 0.3) is 0 Å². The van der Waals surface area contributed by atoms with Crippen LogP contribution in [0.25, 0.3) is 5.65 Å². The molecule has 0 aliphatic heterocycles. The molecule has 0 aromatic carbocycles. The van der Waals surface area contributed by atoms with Crippen molar-refractivity contribution in [3.05, 3.63) is 29.0 Å². The van der Waals surface area contributed by atoms with Crippen LogP contribution in [0.3, 0.4) is 0 Å². The molecule has 0 saturated carbocycles. The van der Waals surface area contributed by atoms with Crippen molar-refractivity contribution in [1.82, 2.24) is 9.38 Å². The van der Waals surface area contributed by atoms with Crippen LogP contribution in [0.5, 0.6) is 0 Å². The second kappa shape index (κ2) is 5.53. The molecule has 0 radical (unpaired) electrons. The molecule has 2 aromatic rings. The quantitative estimate of drug-likeness (QED) is 0.843. The van der Waals surface area contributed by atoms with Gasteiger partial charge in [0.2, 0.25) is 0 Å². The van der Waals surface area contributed by atoms with Gasteiger partial charge in [-0.15, -0.1) is 0 Å². The van der Waals surface area contributed by atoms with Crippen molar-refractivity contribution in [2.75, 3.05) is 5.32 Å². The van der Waals surface area contributed by atoms with Gasteiger partial charge in [0.1, 0.15) is 11.5 Å². The molecular weight excluding hydrogens is 282 g/mol. The van der Waals surface area contributed by atoms with Gasteiger partial charge >= 0.3 is 0 Å². The highest BCUT2D eigenvalue weighted by atomic mass is 35.5. The van der Waals surface area contributed by atoms with E-state index in [0.29, 0.717) is 0 Å². The van der Waals surface area contributed by atoms with E-state index in [1.807, 2.05) is 18.3 Å². The van der Waals surface area contributed by atoms with Gasteiger partial charge < -0.3 is 5.32 Å². The van der Waals surface area contributed by atoms with Crippen molar-refractivity contribution < 1.29 is 0 Å². The maximum Gasteiger partial charge on any atom is 0.138 e. The maximum atomic E-state index is 6.14. The molecule has 0 bridgehead atoms. The third-order valence-electron chi connectivity index (χ3n) is 3.42. The first-order valence-corrected chi connectivity index (χ1v) is 7.94. The molecule has 2 rings (SSSR count). The van der Waals surface area contributed by atoms with Gasteiger partial charge in [-0.3, -0.25) is 4.40 Å². The lowest BCUT2D eigenvalue weighted by molar-refractivity contribution is 0.302. The first-order chi connectivity index (χ1) is 9.61. The zero-order valence-electron chi connectivity index (χ0n) is 13.9. The molecule has 0 spiro atoms. The first kappa shape index (κ1) is 16.2. The second-order valence-electron chi connectivity index (χ2n) is 7.58. The molecule has 4 heteroatoms. The fourth-order valence-electron chi connectivity index (χ4n) is 3.14. The number of nitrogens with one attached hydrogen (secondary N) is 1. The maximum absolute atomic E-state index is 6.14. The number of anilines is 1. The molecule has 2 heterocycles. The largest absolute Gasteiger partial charge is 0.365 e. The van der Waals surface area contributed by atoms with Gasteiger partial charge in [0.15, 0.2) is 0 Å². The van der Waals surface area contributed by atoms with Crippen molar-refractivity contribution in [2.24, 2.45) is 5.41 Å². The fourth-order valence-corrected chi connectivity index (χ4v) is 3.30. The molecule has 0 atom stereocenters. The van der Waals surface area contributed by atoms with Crippen LogP contribution in [-0.4, -0.2) is 14.9 Å². The van der Waals surface area contributed by atoms with E-state index in [1.165, 1.54) is 0 Å². The summed E-state index contributed by atoms with van der Waals surface area (Å²) in [7, 11) is 0. The lowest BCUT2D eigenvalue weighted by Gasteiger charge is -2.34. The van der Waals surface area contributed by atoms with E-state index in [9.17, 15) is 0 Å². The van der Waals surface area contributed by atoms with Crippen LogP contribution in [0.15, 0.2) is 18.3 Å². The summed E-state index contributed by atoms with van der Waals surface area (Å²) in [4.78, 5) is 4.69. The number of hydrogen-bond donors (Lipinski definition) is 1.